The summed E-state index contributed by atoms with van der Waals surface area (Å²) < 4.78 is 38.2. The molecular formula is C22H22F3N3O4S. The number of thioether (sulfide) groups is 1. The standard InChI is InChI=1S/C22H22F3N3O4S/c1-21(2)19(30)26-20(31)27(21)11-17(28(32)13-29)12-33-18-9-5-15(6-10-18)14-3-7-16(8-4-14)22(23,24)25/h3-10,13,17,32H,11-12H2,1-2H3,(H,26,30,31)/t17-/m1/s1. The summed E-state index contributed by atoms with van der Waals surface area (Å²) in [5, 5.41) is 12.7. The van der Waals surface area contributed by atoms with E-state index in [9.17, 15) is 32.8 Å². The van der Waals surface area contributed by atoms with Crippen molar-refractivity contribution < 1.29 is 32.8 Å². The molecule has 1 fully saturated rings. The number of amides is 4. The Hall–Kier alpha value is -3.05. The van der Waals surface area contributed by atoms with E-state index >= 15 is 0 Å². The van der Waals surface area contributed by atoms with E-state index in [2.05, 4.69) is 5.32 Å². The number of hydrogen-bond donors (Lipinski definition) is 2. The van der Waals surface area contributed by atoms with Crippen LogP contribution in [-0.2, 0) is 15.8 Å². The average molecular weight is 481 g/mol. The molecule has 0 unspecified atom stereocenters. The molecule has 33 heavy (non-hydrogen) atoms. The minimum absolute atomic E-state index is 0.0591. The van der Waals surface area contributed by atoms with Crippen LogP contribution in [0.15, 0.2) is 53.4 Å². The molecule has 0 aromatic heterocycles. The lowest BCUT2D eigenvalue weighted by Crippen LogP contribution is -2.51. The first kappa shape index (κ1) is 24.6. The van der Waals surface area contributed by atoms with E-state index in [4.69, 9.17) is 0 Å². The molecule has 4 amide bonds. The third kappa shape index (κ3) is 5.48. The lowest BCUT2D eigenvalue weighted by molar-refractivity contribution is -0.159. The van der Waals surface area contributed by atoms with Crippen LogP contribution in [-0.4, -0.2) is 57.4 Å². The van der Waals surface area contributed by atoms with Crippen molar-refractivity contribution in [1.82, 2.24) is 15.3 Å². The highest BCUT2D eigenvalue weighted by atomic mass is 32.2. The molecular weight excluding hydrogens is 459 g/mol. The number of alkyl halides is 3. The zero-order valence-corrected chi connectivity index (χ0v) is 18.6. The molecule has 11 heteroatoms. The van der Waals surface area contributed by atoms with Crippen molar-refractivity contribution in [2.75, 3.05) is 12.3 Å². The summed E-state index contributed by atoms with van der Waals surface area (Å²) in [6.07, 6.45) is -4.16. The summed E-state index contributed by atoms with van der Waals surface area (Å²) >= 11 is 1.31. The van der Waals surface area contributed by atoms with Crippen LogP contribution in [0, 0.1) is 0 Å². The van der Waals surface area contributed by atoms with Crippen LogP contribution in [0.5, 0.6) is 0 Å². The number of imide groups is 1. The molecule has 0 aliphatic carbocycles. The van der Waals surface area contributed by atoms with Crippen molar-refractivity contribution in [3.63, 3.8) is 0 Å². The Morgan fingerprint density at radius 1 is 1.09 bits per heavy atom. The predicted molar refractivity (Wildman–Crippen MR) is 115 cm³/mol. The number of nitrogens with zero attached hydrogens (tertiary/aromatic N) is 2. The third-order valence-corrected chi connectivity index (χ3v) is 6.57. The number of rotatable bonds is 8. The van der Waals surface area contributed by atoms with Gasteiger partial charge in [0.1, 0.15) is 5.54 Å². The Labute approximate surface area is 192 Å². The van der Waals surface area contributed by atoms with E-state index in [1.165, 1.54) is 28.8 Å². The van der Waals surface area contributed by atoms with Crippen LogP contribution >= 0.6 is 11.8 Å². The molecule has 3 rings (SSSR count). The number of benzene rings is 2. The molecule has 2 aromatic rings. The van der Waals surface area contributed by atoms with Crippen molar-refractivity contribution >= 4 is 30.1 Å². The lowest BCUT2D eigenvalue weighted by Gasteiger charge is -2.33. The van der Waals surface area contributed by atoms with Crippen molar-refractivity contribution in [2.24, 2.45) is 0 Å². The molecule has 0 radical (unpaired) electrons. The van der Waals surface area contributed by atoms with E-state index in [-0.39, 0.29) is 18.7 Å². The third-order valence-electron chi connectivity index (χ3n) is 5.41. The average Bonchev–Trinajstić information content (AvgIpc) is 2.97. The minimum atomic E-state index is -4.39. The maximum Gasteiger partial charge on any atom is 0.416 e. The molecule has 1 aliphatic rings. The van der Waals surface area contributed by atoms with Gasteiger partial charge in [0.15, 0.2) is 0 Å². The topological polar surface area (TPSA) is 90.0 Å². The first-order valence-corrected chi connectivity index (χ1v) is 10.9. The van der Waals surface area contributed by atoms with Gasteiger partial charge in [-0.25, -0.2) is 9.86 Å². The minimum Gasteiger partial charge on any atom is -0.308 e. The molecule has 1 aliphatic heterocycles. The maximum atomic E-state index is 12.7. The number of halogens is 3. The SMILES string of the molecule is CC1(C)C(=O)NC(=O)N1C[C@H](CSc1ccc(-c2ccc(C(F)(F)F)cc2)cc1)N(O)C=O. The largest absolute Gasteiger partial charge is 0.416 e. The number of urea groups is 1. The lowest BCUT2D eigenvalue weighted by atomic mass is 10.0. The van der Waals surface area contributed by atoms with Crippen molar-refractivity contribution in [3.05, 3.63) is 54.1 Å². The fraction of sp³-hybridized carbons (Fsp3) is 0.318. The predicted octanol–water partition coefficient (Wildman–Crippen LogP) is 4.01. The quantitative estimate of drug-likeness (QED) is 0.196. The molecule has 0 bridgehead atoms. The second kappa shape index (κ2) is 9.44. The van der Waals surface area contributed by atoms with Crippen LogP contribution in [0.3, 0.4) is 0 Å². The summed E-state index contributed by atoms with van der Waals surface area (Å²) in [5.41, 5.74) is -0.473. The van der Waals surface area contributed by atoms with Gasteiger partial charge in [-0.1, -0.05) is 24.3 Å². The van der Waals surface area contributed by atoms with Crippen LogP contribution in [0.2, 0.25) is 0 Å². The van der Waals surface area contributed by atoms with E-state index in [0.29, 0.717) is 10.6 Å². The number of carbonyl (C=O) groups is 3. The smallest absolute Gasteiger partial charge is 0.308 e. The second-order valence-corrected chi connectivity index (χ2v) is 9.07. The molecule has 1 heterocycles. The number of nitrogens with one attached hydrogen (secondary N) is 1. The van der Waals surface area contributed by atoms with E-state index in [0.717, 1.165) is 22.6 Å². The van der Waals surface area contributed by atoms with E-state index < -0.39 is 35.3 Å². The van der Waals surface area contributed by atoms with Gasteiger partial charge in [0.25, 0.3) is 5.91 Å². The summed E-state index contributed by atoms with van der Waals surface area (Å²) in [5.74, 6) is -0.239. The molecule has 0 spiro atoms. The van der Waals surface area contributed by atoms with Gasteiger partial charge in [-0.15, -0.1) is 11.8 Å². The Kier molecular flexibility index (Phi) is 7.03. The van der Waals surface area contributed by atoms with Gasteiger partial charge >= 0.3 is 12.2 Å². The number of hydroxylamine groups is 2. The van der Waals surface area contributed by atoms with Gasteiger partial charge in [0, 0.05) is 17.2 Å². The summed E-state index contributed by atoms with van der Waals surface area (Å²) in [4.78, 5) is 37.2. The molecule has 7 nitrogen and oxygen atoms in total. The van der Waals surface area contributed by atoms with Crippen LogP contribution < -0.4 is 5.32 Å². The Morgan fingerprint density at radius 2 is 1.64 bits per heavy atom. The van der Waals surface area contributed by atoms with Gasteiger partial charge in [0.2, 0.25) is 6.41 Å². The molecule has 176 valence electrons. The van der Waals surface area contributed by atoms with E-state index in [1.54, 1.807) is 38.1 Å². The highest BCUT2D eigenvalue weighted by Gasteiger charge is 2.46. The first-order valence-electron chi connectivity index (χ1n) is 9.89. The van der Waals surface area contributed by atoms with Crippen LogP contribution in [0.25, 0.3) is 11.1 Å². The van der Waals surface area contributed by atoms with Gasteiger partial charge in [-0.2, -0.15) is 13.2 Å². The maximum absolute atomic E-state index is 12.7. The fourth-order valence-corrected chi connectivity index (χ4v) is 4.27. The first-order chi connectivity index (χ1) is 15.4. The molecule has 1 saturated heterocycles. The van der Waals surface area contributed by atoms with Crippen molar-refractivity contribution in [3.8, 4) is 11.1 Å². The Morgan fingerprint density at radius 3 is 2.09 bits per heavy atom. The monoisotopic (exact) mass is 481 g/mol. The summed E-state index contributed by atoms with van der Waals surface area (Å²) in [6, 6.07) is 10.5. The second-order valence-electron chi connectivity index (χ2n) is 7.98. The van der Waals surface area contributed by atoms with Crippen LogP contribution in [0.4, 0.5) is 18.0 Å². The number of carbonyl (C=O) groups excluding carboxylic acids is 3. The summed E-state index contributed by atoms with van der Waals surface area (Å²) in [7, 11) is 0. The van der Waals surface area contributed by atoms with Crippen molar-refractivity contribution in [2.45, 2.75) is 36.5 Å². The van der Waals surface area contributed by atoms with Gasteiger partial charge in [0.05, 0.1) is 11.6 Å². The van der Waals surface area contributed by atoms with Gasteiger partial charge < -0.3 is 4.90 Å². The van der Waals surface area contributed by atoms with E-state index in [1.807, 2.05) is 0 Å². The Balaban J connectivity index is 1.67. The summed E-state index contributed by atoms with van der Waals surface area (Å²) in [6.45, 7) is 3.08. The highest BCUT2D eigenvalue weighted by molar-refractivity contribution is 7.99. The molecule has 2 aromatic carbocycles. The van der Waals surface area contributed by atoms with Crippen LogP contribution in [0.1, 0.15) is 19.4 Å². The van der Waals surface area contributed by atoms with Crippen molar-refractivity contribution in [1.29, 1.82) is 0 Å². The highest BCUT2D eigenvalue weighted by Crippen LogP contribution is 2.32. The zero-order valence-electron chi connectivity index (χ0n) is 17.8. The molecule has 1 atom stereocenters. The normalized spacial score (nSPS) is 16.5. The van der Waals surface area contributed by atoms with Gasteiger partial charge in [-0.3, -0.25) is 20.1 Å². The van der Waals surface area contributed by atoms with Gasteiger partial charge in [-0.05, 0) is 49.2 Å². The molecule has 2 N–H and O–H groups in total. The zero-order chi connectivity index (χ0) is 24.4. The molecule has 0 saturated carbocycles. The Bertz CT molecular complexity index is 1030. The fourth-order valence-electron chi connectivity index (χ4n) is 3.30. The number of hydrogen-bond acceptors (Lipinski definition) is 5.